The van der Waals surface area contributed by atoms with Gasteiger partial charge in [-0.15, -0.1) is 0 Å². The van der Waals surface area contributed by atoms with Gasteiger partial charge in [0.2, 0.25) is 0 Å². The largest absolute Gasteiger partial charge is 0.486 e. The molecule has 2 aliphatic heterocycles. The molecular weight excluding hydrogens is 314 g/mol. The molecule has 0 aliphatic carbocycles. The Hall–Kier alpha value is -2.43. The molecule has 0 unspecified atom stereocenters. The lowest BCUT2D eigenvalue weighted by molar-refractivity contribution is 0.171. The van der Waals surface area contributed by atoms with Gasteiger partial charge in [0.05, 0.1) is 0 Å². The van der Waals surface area contributed by atoms with Gasteiger partial charge in [-0.3, -0.25) is 5.43 Å². The average Bonchev–Trinajstić information content (AvgIpc) is 2.63. The number of allylic oxidation sites excluding steroid dienone is 4. The van der Waals surface area contributed by atoms with Gasteiger partial charge < -0.3 is 14.8 Å². The maximum absolute atomic E-state index is 5.79. The number of benzene rings is 1. The van der Waals surface area contributed by atoms with Crippen LogP contribution in [0, 0.1) is 0 Å². The first kappa shape index (κ1) is 17.4. The van der Waals surface area contributed by atoms with Crippen LogP contribution >= 0.6 is 0 Å². The molecule has 0 spiro atoms. The van der Waals surface area contributed by atoms with E-state index >= 15 is 0 Å². The van der Waals surface area contributed by atoms with E-state index in [9.17, 15) is 0 Å². The Kier molecular flexibility index (Phi) is 5.64. The molecule has 2 heterocycles. The zero-order valence-electron chi connectivity index (χ0n) is 15.3. The third-order valence-corrected chi connectivity index (χ3v) is 4.62. The Morgan fingerprint density at radius 2 is 1.88 bits per heavy atom. The molecule has 0 atom stereocenters. The van der Waals surface area contributed by atoms with Crippen LogP contribution in [-0.4, -0.2) is 26.0 Å². The minimum Gasteiger partial charge on any atom is -0.486 e. The zero-order valence-corrected chi connectivity index (χ0v) is 15.3. The lowest BCUT2D eigenvalue weighted by Crippen LogP contribution is -2.16. The van der Waals surface area contributed by atoms with Gasteiger partial charge in [0.25, 0.3) is 0 Å². The van der Waals surface area contributed by atoms with Crippen molar-refractivity contribution >= 4 is 17.5 Å². The van der Waals surface area contributed by atoms with Gasteiger partial charge in [0.1, 0.15) is 13.2 Å². The van der Waals surface area contributed by atoms with Crippen molar-refractivity contribution in [2.24, 2.45) is 5.10 Å². The van der Waals surface area contributed by atoms with Gasteiger partial charge in [0, 0.05) is 35.8 Å². The fourth-order valence-corrected chi connectivity index (χ4v) is 3.09. The quantitative estimate of drug-likeness (QED) is 0.859. The normalized spacial score (nSPS) is 23.9. The summed E-state index contributed by atoms with van der Waals surface area (Å²) in [4.78, 5) is 0. The second-order valence-corrected chi connectivity index (χ2v) is 6.41. The smallest absolute Gasteiger partial charge is 0.163 e. The molecule has 5 nitrogen and oxygen atoms in total. The van der Waals surface area contributed by atoms with Crippen molar-refractivity contribution in [1.82, 2.24) is 5.43 Å². The van der Waals surface area contributed by atoms with Crippen molar-refractivity contribution < 1.29 is 9.47 Å². The maximum Gasteiger partial charge on any atom is 0.163 e. The summed E-state index contributed by atoms with van der Waals surface area (Å²) < 4.78 is 11.5. The van der Waals surface area contributed by atoms with Gasteiger partial charge in [0.15, 0.2) is 11.5 Å². The van der Waals surface area contributed by atoms with Crippen LogP contribution in [0.4, 0.5) is 5.69 Å². The first-order chi connectivity index (χ1) is 12.2. The molecule has 0 saturated carbocycles. The van der Waals surface area contributed by atoms with Crippen LogP contribution in [0.5, 0.6) is 11.5 Å². The monoisotopic (exact) mass is 341 g/mol. The zero-order chi connectivity index (χ0) is 17.6. The lowest BCUT2D eigenvalue weighted by atomic mass is 9.95. The minimum absolute atomic E-state index is 0.598. The molecule has 5 heteroatoms. The van der Waals surface area contributed by atoms with Crippen LogP contribution < -0.4 is 20.2 Å². The summed E-state index contributed by atoms with van der Waals surface area (Å²) in [7, 11) is 0. The number of anilines is 1. The second-order valence-electron chi connectivity index (χ2n) is 6.41. The van der Waals surface area contributed by atoms with Crippen molar-refractivity contribution in [2.75, 3.05) is 25.1 Å². The highest BCUT2D eigenvalue weighted by molar-refractivity contribution is 5.89. The van der Waals surface area contributed by atoms with Gasteiger partial charge in [-0.05, 0) is 57.7 Å². The van der Waals surface area contributed by atoms with Gasteiger partial charge >= 0.3 is 0 Å². The molecule has 2 N–H and O–H groups in total. The summed E-state index contributed by atoms with van der Waals surface area (Å²) in [6, 6.07) is 4.15. The summed E-state index contributed by atoms with van der Waals surface area (Å²) in [5, 5.41) is 7.77. The SMILES string of the molecule is CCNc1cc2c(cc1/C1=C/C=N/N/C(C)=C(\C)CCC1)OCCO2. The molecule has 25 heavy (non-hydrogen) atoms. The number of hydrazone groups is 1. The Morgan fingerprint density at radius 1 is 1.12 bits per heavy atom. The third-order valence-electron chi connectivity index (χ3n) is 4.62. The van der Waals surface area contributed by atoms with E-state index in [1.54, 1.807) is 0 Å². The highest BCUT2D eigenvalue weighted by atomic mass is 16.6. The van der Waals surface area contributed by atoms with E-state index in [0.29, 0.717) is 13.2 Å². The Bertz CT molecular complexity index is 720. The molecule has 0 saturated heterocycles. The molecule has 0 radical (unpaired) electrons. The van der Waals surface area contributed by atoms with Crippen LogP contribution in [0.1, 0.15) is 45.6 Å². The molecular formula is C20H27N3O2. The molecule has 0 aromatic heterocycles. The van der Waals surface area contributed by atoms with Crippen LogP contribution in [0.15, 0.2) is 34.6 Å². The van der Waals surface area contributed by atoms with E-state index < -0.39 is 0 Å². The number of hydrogen-bond donors (Lipinski definition) is 2. The molecule has 1 aromatic carbocycles. The van der Waals surface area contributed by atoms with Gasteiger partial charge in [-0.2, -0.15) is 5.10 Å². The van der Waals surface area contributed by atoms with Crippen molar-refractivity contribution in [3.8, 4) is 11.5 Å². The molecule has 134 valence electrons. The second kappa shape index (κ2) is 8.10. The predicted octanol–water partition coefficient (Wildman–Crippen LogP) is 4.33. The number of fused-ring (bicyclic) bond motifs is 1. The number of ether oxygens (including phenoxy) is 2. The van der Waals surface area contributed by atoms with Crippen molar-refractivity contribution in [3.05, 3.63) is 35.0 Å². The summed E-state index contributed by atoms with van der Waals surface area (Å²) in [6.45, 7) is 8.39. The van der Waals surface area contributed by atoms with Crippen molar-refractivity contribution in [1.29, 1.82) is 0 Å². The first-order valence-electron chi connectivity index (χ1n) is 9.01. The molecule has 0 amide bonds. The standard InChI is InChI=1S/C20H27N3O2/c1-4-21-18-13-20-19(24-10-11-25-20)12-17(18)16-7-5-6-14(2)15(3)23-22-9-8-16/h8-9,12-13,21,23H,4-7,10-11H2,1-3H3/b15-14+,16-8+,22-9+. The molecule has 3 rings (SSSR count). The van der Waals surface area contributed by atoms with Crippen LogP contribution in [-0.2, 0) is 0 Å². The summed E-state index contributed by atoms with van der Waals surface area (Å²) in [5.74, 6) is 1.64. The van der Waals surface area contributed by atoms with Crippen molar-refractivity contribution in [2.45, 2.75) is 40.0 Å². The van der Waals surface area contributed by atoms with E-state index in [-0.39, 0.29) is 0 Å². The fourth-order valence-electron chi connectivity index (χ4n) is 3.09. The van der Waals surface area contributed by atoms with Gasteiger partial charge in [-0.25, -0.2) is 0 Å². The fraction of sp³-hybridized carbons (Fsp3) is 0.450. The Morgan fingerprint density at radius 3 is 2.64 bits per heavy atom. The first-order valence-corrected chi connectivity index (χ1v) is 9.01. The number of nitrogens with zero attached hydrogens (tertiary/aromatic N) is 1. The van der Waals surface area contributed by atoms with E-state index in [0.717, 1.165) is 54.3 Å². The number of nitrogens with one attached hydrogen (secondary N) is 2. The van der Waals surface area contributed by atoms with E-state index in [4.69, 9.17) is 9.47 Å². The van der Waals surface area contributed by atoms with Crippen LogP contribution in [0.3, 0.4) is 0 Å². The number of hydrogen-bond acceptors (Lipinski definition) is 5. The molecule has 2 aliphatic rings. The van der Waals surface area contributed by atoms with E-state index in [2.05, 4.69) is 54.8 Å². The molecule has 0 fully saturated rings. The van der Waals surface area contributed by atoms with E-state index in [1.165, 1.54) is 11.1 Å². The van der Waals surface area contributed by atoms with Gasteiger partial charge in [-0.1, -0.05) is 5.57 Å². The summed E-state index contributed by atoms with van der Waals surface area (Å²) in [5.41, 5.74) is 9.10. The van der Waals surface area contributed by atoms with E-state index in [1.807, 2.05) is 6.21 Å². The predicted molar refractivity (Wildman–Crippen MR) is 103 cm³/mol. The topological polar surface area (TPSA) is 54.9 Å². The summed E-state index contributed by atoms with van der Waals surface area (Å²) >= 11 is 0. The lowest BCUT2D eigenvalue weighted by Gasteiger charge is -2.22. The van der Waals surface area contributed by atoms with Crippen molar-refractivity contribution in [3.63, 3.8) is 0 Å². The number of rotatable bonds is 3. The highest BCUT2D eigenvalue weighted by Crippen LogP contribution is 2.39. The minimum atomic E-state index is 0.598. The maximum atomic E-state index is 5.79. The van der Waals surface area contributed by atoms with Crippen LogP contribution in [0.25, 0.3) is 5.57 Å². The third kappa shape index (κ3) is 4.16. The average molecular weight is 341 g/mol. The molecule has 1 aromatic rings. The Labute approximate surface area is 149 Å². The Balaban J connectivity index is 1.95. The van der Waals surface area contributed by atoms with Crippen LogP contribution in [0.2, 0.25) is 0 Å². The highest BCUT2D eigenvalue weighted by Gasteiger charge is 2.18. The molecule has 0 bridgehead atoms. The summed E-state index contributed by atoms with van der Waals surface area (Å²) in [6.07, 6.45) is 7.09.